The summed E-state index contributed by atoms with van der Waals surface area (Å²) in [5.41, 5.74) is 11.2. The van der Waals surface area contributed by atoms with Crippen LogP contribution in [0, 0.1) is 0 Å². The van der Waals surface area contributed by atoms with Gasteiger partial charge in [-0.3, -0.25) is 0 Å². The molecule has 0 aliphatic carbocycles. The molecule has 0 bridgehead atoms. The van der Waals surface area contributed by atoms with Crippen LogP contribution >= 0.6 is 0 Å². The molecule has 57 heavy (non-hydrogen) atoms. The predicted octanol–water partition coefficient (Wildman–Crippen LogP) is 15.7. The van der Waals surface area contributed by atoms with Gasteiger partial charge in [0, 0.05) is 33.6 Å². The van der Waals surface area contributed by atoms with Crippen molar-refractivity contribution in [3.63, 3.8) is 0 Å². The molecule has 0 amide bonds. The van der Waals surface area contributed by atoms with E-state index in [0.717, 1.165) is 66.5 Å². The standard InChI is InChI=1S/C54H33NO2/c1-3-14-40-34(11-1)13-9-19-41(40)35-23-26-38(27-24-35)55(49-20-10-22-51-54(49)47-18-7-8-21-50(47)56-51)39-28-30-46-45-29-25-37(32-52(45)57-53(46)33-39)48-31-36-12-2-4-15-42(36)43-16-5-6-17-44(43)48/h1-33H. The molecule has 0 saturated heterocycles. The lowest BCUT2D eigenvalue weighted by atomic mass is 9.93. The predicted molar refractivity (Wildman–Crippen MR) is 239 cm³/mol. The van der Waals surface area contributed by atoms with Crippen LogP contribution in [0.4, 0.5) is 17.1 Å². The first-order chi connectivity index (χ1) is 28.2. The van der Waals surface area contributed by atoms with Crippen LogP contribution in [0.5, 0.6) is 0 Å². The molecule has 0 saturated carbocycles. The average Bonchev–Trinajstić information content (AvgIpc) is 3.84. The Morgan fingerprint density at radius 2 is 0.895 bits per heavy atom. The lowest BCUT2D eigenvalue weighted by Crippen LogP contribution is -2.10. The third-order valence-corrected chi connectivity index (χ3v) is 11.6. The fourth-order valence-corrected chi connectivity index (χ4v) is 9.00. The maximum Gasteiger partial charge on any atom is 0.137 e. The lowest BCUT2D eigenvalue weighted by Gasteiger charge is -2.26. The van der Waals surface area contributed by atoms with Crippen LogP contribution in [0.15, 0.2) is 209 Å². The van der Waals surface area contributed by atoms with Gasteiger partial charge >= 0.3 is 0 Å². The summed E-state index contributed by atoms with van der Waals surface area (Å²) in [6.45, 7) is 0. The molecule has 0 aliphatic rings. The summed E-state index contributed by atoms with van der Waals surface area (Å²) < 4.78 is 13.2. The number of para-hydroxylation sites is 1. The number of anilines is 3. The van der Waals surface area contributed by atoms with Gasteiger partial charge in [0.25, 0.3) is 0 Å². The summed E-state index contributed by atoms with van der Waals surface area (Å²) in [5.74, 6) is 0. The fraction of sp³-hybridized carbons (Fsp3) is 0. The number of furan rings is 2. The van der Waals surface area contributed by atoms with E-state index in [0.29, 0.717) is 0 Å². The Labute approximate surface area is 328 Å². The molecule has 0 N–H and O–H groups in total. The minimum absolute atomic E-state index is 0.838. The van der Waals surface area contributed by atoms with Crippen LogP contribution in [0.3, 0.4) is 0 Å². The van der Waals surface area contributed by atoms with Crippen LogP contribution in [0.1, 0.15) is 0 Å². The highest BCUT2D eigenvalue weighted by atomic mass is 16.3. The van der Waals surface area contributed by atoms with Crippen molar-refractivity contribution < 1.29 is 8.83 Å². The second-order valence-electron chi connectivity index (χ2n) is 14.8. The minimum Gasteiger partial charge on any atom is -0.456 e. The summed E-state index contributed by atoms with van der Waals surface area (Å²) in [6.07, 6.45) is 0. The summed E-state index contributed by atoms with van der Waals surface area (Å²) in [7, 11) is 0. The first-order valence-electron chi connectivity index (χ1n) is 19.4. The Morgan fingerprint density at radius 3 is 1.75 bits per heavy atom. The number of nitrogens with zero attached hydrogens (tertiary/aromatic N) is 1. The smallest absolute Gasteiger partial charge is 0.137 e. The topological polar surface area (TPSA) is 29.5 Å². The summed E-state index contributed by atoms with van der Waals surface area (Å²) in [5, 5.41) is 11.8. The van der Waals surface area contributed by atoms with Crippen molar-refractivity contribution >= 4 is 93.3 Å². The van der Waals surface area contributed by atoms with Crippen molar-refractivity contribution in [3.8, 4) is 22.3 Å². The molecule has 0 unspecified atom stereocenters. The average molecular weight is 728 g/mol. The molecule has 0 radical (unpaired) electrons. The summed E-state index contributed by atoms with van der Waals surface area (Å²) in [6, 6.07) is 71.5. The van der Waals surface area contributed by atoms with Gasteiger partial charge in [-0.2, -0.15) is 0 Å². The van der Waals surface area contributed by atoms with E-state index in [2.05, 4.69) is 193 Å². The van der Waals surface area contributed by atoms with E-state index >= 15 is 0 Å². The SMILES string of the molecule is c1ccc2c(-c3ccc(N(c4ccc5c(c4)oc4cc(-c6cc7ccccc7c7ccccc67)ccc45)c4cccc5oc6ccccc6c45)cc3)cccc2c1. The van der Waals surface area contributed by atoms with Gasteiger partial charge in [-0.25, -0.2) is 0 Å². The van der Waals surface area contributed by atoms with Crippen molar-refractivity contribution in [2.24, 2.45) is 0 Å². The highest BCUT2D eigenvalue weighted by Gasteiger charge is 2.21. The van der Waals surface area contributed by atoms with E-state index in [-0.39, 0.29) is 0 Å². The molecule has 12 rings (SSSR count). The van der Waals surface area contributed by atoms with Crippen LogP contribution in [-0.4, -0.2) is 0 Å². The molecule has 0 fully saturated rings. The van der Waals surface area contributed by atoms with Gasteiger partial charge in [-0.05, 0) is 115 Å². The molecule has 0 spiro atoms. The summed E-state index contributed by atoms with van der Waals surface area (Å²) >= 11 is 0. The van der Waals surface area contributed by atoms with Gasteiger partial charge in [0.2, 0.25) is 0 Å². The number of benzene rings is 10. The molecular weight excluding hydrogens is 695 g/mol. The molecule has 3 heteroatoms. The molecule has 10 aromatic carbocycles. The minimum atomic E-state index is 0.838. The van der Waals surface area contributed by atoms with E-state index in [9.17, 15) is 0 Å². The van der Waals surface area contributed by atoms with Gasteiger partial charge in [0.1, 0.15) is 22.3 Å². The zero-order valence-corrected chi connectivity index (χ0v) is 30.8. The fourth-order valence-electron chi connectivity index (χ4n) is 9.00. The van der Waals surface area contributed by atoms with Gasteiger partial charge in [-0.1, -0.05) is 133 Å². The number of hydrogen-bond acceptors (Lipinski definition) is 3. The van der Waals surface area contributed by atoms with E-state index in [1.54, 1.807) is 0 Å². The largest absolute Gasteiger partial charge is 0.456 e. The van der Waals surface area contributed by atoms with Gasteiger partial charge in [0.05, 0.1) is 11.1 Å². The Balaban J connectivity index is 1.03. The first kappa shape index (κ1) is 31.7. The molecule has 266 valence electrons. The lowest BCUT2D eigenvalue weighted by molar-refractivity contribution is 0.669. The maximum atomic E-state index is 6.79. The van der Waals surface area contributed by atoms with Crippen molar-refractivity contribution in [3.05, 3.63) is 200 Å². The molecular formula is C54H33NO2. The number of hydrogen-bond donors (Lipinski definition) is 0. The van der Waals surface area contributed by atoms with Crippen LogP contribution < -0.4 is 4.90 Å². The highest BCUT2D eigenvalue weighted by Crippen LogP contribution is 2.45. The van der Waals surface area contributed by atoms with Gasteiger partial charge in [0.15, 0.2) is 0 Å². The second kappa shape index (κ2) is 12.5. The van der Waals surface area contributed by atoms with Gasteiger partial charge < -0.3 is 13.7 Å². The monoisotopic (exact) mass is 727 g/mol. The molecule has 2 aromatic heterocycles. The Hall–Kier alpha value is -7.62. The zero-order valence-electron chi connectivity index (χ0n) is 30.8. The van der Waals surface area contributed by atoms with Crippen LogP contribution in [0.25, 0.3) is 98.4 Å². The number of rotatable bonds is 5. The Bertz CT molecular complexity index is 3530. The molecule has 12 aromatic rings. The third kappa shape index (κ3) is 4.99. The van der Waals surface area contributed by atoms with Crippen LogP contribution in [-0.2, 0) is 0 Å². The second-order valence-corrected chi connectivity index (χ2v) is 14.8. The van der Waals surface area contributed by atoms with Crippen molar-refractivity contribution in [2.45, 2.75) is 0 Å². The molecule has 2 heterocycles. The maximum absolute atomic E-state index is 6.79. The van der Waals surface area contributed by atoms with E-state index in [1.807, 2.05) is 12.1 Å². The van der Waals surface area contributed by atoms with E-state index < -0.39 is 0 Å². The quantitative estimate of drug-likeness (QED) is 0.165. The number of fused-ring (bicyclic) bond motifs is 10. The zero-order chi connectivity index (χ0) is 37.5. The Kier molecular flexibility index (Phi) is 6.93. The van der Waals surface area contributed by atoms with Crippen LogP contribution in [0.2, 0.25) is 0 Å². The Morgan fingerprint density at radius 1 is 0.298 bits per heavy atom. The molecule has 0 atom stereocenters. The van der Waals surface area contributed by atoms with Crippen molar-refractivity contribution in [2.75, 3.05) is 4.90 Å². The van der Waals surface area contributed by atoms with Crippen molar-refractivity contribution in [1.29, 1.82) is 0 Å². The molecule has 3 nitrogen and oxygen atoms in total. The third-order valence-electron chi connectivity index (χ3n) is 11.6. The van der Waals surface area contributed by atoms with E-state index in [1.165, 1.54) is 49.0 Å². The molecule has 0 aliphatic heterocycles. The van der Waals surface area contributed by atoms with Crippen molar-refractivity contribution in [1.82, 2.24) is 0 Å². The summed E-state index contributed by atoms with van der Waals surface area (Å²) in [4.78, 5) is 2.33. The normalized spacial score (nSPS) is 11.9. The highest BCUT2D eigenvalue weighted by molar-refractivity contribution is 6.16. The van der Waals surface area contributed by atoms with E-state index in [4.69, 9.17) is 8.83 Å². The van der Waals surface area contributed by atoms with Gasteiger partial charge in [-0.15, -0.1) is 0 Å². The first-order valence-corrected chi connectivity index (χ1v) is 19.4.